The first-order chi connectivity index (χ1) is 19.6. The van der Waals surface area contributed by atoms with Gasteiger partial charge in [0.05, 0.1) is 11.3 Å². The molecule has 1 aliphatic rings. The first-order valence-electron chi connectivity index (χ1n) is 12.9. The van der Waals surface area contributed by atoms with Gasteiger partial charge in [-0.2, -0.15) is 0 Å². The number of imide groups is 1. The van der Waals surface area contributed by atoms with E-state index in [-0.39, 0.29) is 23.3 Å². The van der Waals surface area contributed by atoms with Crippen LogP contribution in [0.25, 0.3) is 0 Å². The third-order valence-electron chi connectivity index (χ3n) is 6.27. The highest BCUT2D eigenvalue weighted by atomic mass is 16.7. The molecule has 218 valence electrons. The van der Waals surface area contributed by atoms with Crippen molar-refractivity contribution in [1.82, 2.24) is 20.5 Å². The zero-order valence-electron chi connectivity index (χ0n) is 23.2. The molecule has 1 saturated carbocycles. The van der Waals surface area contributed by atoms with E-state index in [0.717, 1.165) is 16.8 Å². The molecule has 1 aromatic carbocycles. The Morgan fingerprint density at radius 1 is 1.22 bits per heavy atom. The van der Waals surface area contributed by atoms with Gasteiger partial charge in [0.1, 0.15) is 12.4 Å². The molecule has 14 heteroatoms. The highest BCUT2D eigenvalue weighted by Gasteiger charge is 2.39. The molecule has 0 radical (unpaired) electrons. The summed E-state index contributed by atoms with van der Waals surface area (Å²) >= 11 is 0. The smallest absolute Gasteiger partial charge is 0.419 e. The summed E-state index contributed by atoms with van der Waals surface area (Å²) in [6, 6.07) is 3.53. The lowest BCUT2D eigenvalue weighted by molar-refractivity contribution is -0.154. The molecule has 2 aromatic rings. The van der Waals surface area contributed by atoms with E-state index in [1.165, 1.54) is 6.92 Å². The number of aromatic amines is 1. The van der Waals surface area contributed by atoms with E-state index >= 15 is 0 Å². The van der Waals surface area contributed by atoms with Crippen LogP contribution in [0.15, 0.2) is 29.4 Å². The number of rotatable bonds is 12. The van der Waals surface area contributed by atoms with Crippen LogP contribution in [0.5, 0.6) is 0 Å². The summed E-state index contributed by atoms with van der Waals surface area (Å²) in [4.78, 5) is 69.0. The minimum absolute atomic E-state index is 0.183. The van der Waals surface area contributed by atoms with Crippen molar-refractivity contribution in [3.63, 3.8) is 0 Å². The molecule has 1 unspecified atom stereocenters. The van der Waals surface area contributed by atoms with Gasteiger partial charge in [-0.25, -0.2) is 19.5 Å². The number of aryl methyl sites for hydroxylation is 1. The average molecular weight is 568 g/mol. The molecule has 0 spiro atoms. The maximum absolute atomic E-state index is 13.4. The lowest BCUT2D eigenvalue weighted by Crippen LogP contribution is -2.40. The molecule has 14 nitrogen and oxygen atoms in total. The van der Waals surface area contributed by atoms with Crippen molar-refractivity contribution in [2.45, 2.75) is 52.6 Å². The number of amides is 4. The van der Waals surface area contributed by atoms with E-state index in [2.05, 4.69) is 25.9 Å². The first-order valence-corrected chi connectivity index (χ1v) is 12.9. The number of amidine groups is 1. The predicted octanol–water partition coefficient (Wildman–Crippen LogP) is 2.22. The molecule has 5 N–H and O–H groups in total. The second-order valence-electron chi connectivity index (χ2n) is 9.23. The fourth-order valence-electron chi connectivity index (χ4n) is 3.85. The monoisotopic (exact) mass is 567 g/mol. The lowest BCUT2D eigenvalue weighted by atomic mass is 10.1. The topological polar surface area (TPSA) is 195 Å². The molecular formula is C27H33N7O7. The summed E-state index contributed by atoms with van der Waals surface area (Å²) in [5, 5.41) is 15.6. The van der Waals surface area contributed by atoms with E-state index in [1.807, 2.05) is 13.8 Å². The second kappa shape index (κ2) is 13.9. The molecule has 3 rings (SSSR count). The van der Waals surface area contributed by atoms with Gasteiger partial charge in [-0.3, -0.25) is 19.8 Å². The highest BCUT2D eigenvalue weighted by molar-refractivity contribution is 6.13. The Kier molecular flexibility index (Phi) is 10.3. The van der Waals surface area contributed by atoms with Crippen LogP contribution in [-0.4, -0.2) is 77.8 Å². The summed E-state index contributed by atoms with van der Waals surface area (Å²) in [5.41, 5.74) is 2.96. The number of esters is 1. The van der Waals surface area contributed by atoms with Crippen LogP contribution >= 0.6 is 0 Å². The van der Waals surface area contributed by atoms with Crippen LogP contribution in [0.3, 0.4) is 0 Å². The largest absolute Gasteiger partial charge is 0.426 e. The minimum Gasteiger partial charge on any atom is -0.426 e. The Balaban J connectivity index is 1.79. The second-order valence-corrected chi connectivity index (χ2v) is 9.23. The Morgan fingerprint density at radius 2 is 1.95 bits per heavy atom. The molecule has 1 fully saturated rings. The van der Waals surface area contributed by atoms with E-state index in [1.54, 1.807) is 31.3 Å². The van der Waals surface area contributed by atoms with Gasteiger partial charge in [0.15, 0.2) is 5.84 Å². The third kappa shape index (κ3) is 7.56. The molecule has 0 saturated heterocycles. The Bertz CT molecular complexity index is 1360. The van der Waals surface area contributed by atoms with E-state index in [4.69, 9.17) is 14.9 Å². The van der Waals surface area contributed by atoms with Gasteiger partial charge in [-0.05, 0) is 63.8 Å². The van der Waals surface area contributed by atoms with Crippen molar-refractivity contribution in [2.24, 2.45) is 4.99 Å². The quantitative estimate of drug-likeness (QED) is 0.0846. The highest BCUT2D eigenvalue weighted by Crippen LogP contribution is 2.30. The Morgan fingerprint density at radius 3 is 2.59 bits per heavy atom. The van der Waals surface area contributed by atoms with E-state index < -0.39 is 30.8 Å². The lowest BCUT2D eigenvalue weighted by Gasteiger charge is -2.21. The van der Waals surface area contributed by atoms with Crippen LogP contribution in [0.1, 0.15) is 64.2 Å². The zero-order chi connectivity index (χ0) is 30.1. The van der Waals surface area contributed by atoms with Crippen LogP contribution in [0.2, 0.25) is 0 Å². The first kappa shape index (κ1) is 30.5. The van der Waals surface area contributed by atoms with Gasteiger partial charge >= 0.3 is 12.1 Å². The number of ether oxygens (including phenoxy) is 2. The van der Waals surface area contributed by atoms with Crippen LogP contribution in [0, 0.1) is 19.3 Å². The number of aromatic nitrogens is 1. The summed E-state index contributed by atoms with van der Waals surface area (Å²) in [7, 11) is 0. The van der Waals surface area contributed by atoms with Crippen molar-refractivity contribution in [2.75, 3.05) is 18.7 Å². The van der Waals surface area contributed by atoms with Crippen molar-refractivity contribution < 1.29 is 33.4 Å². The summed E-state index contributed by atoms with van der Waals surface area (Å²) in [5.74, 6) is -1.41. The minimum atomic E-state index is -0.970. The van der Waals surface area contributed by atoms with Gasteiger partial charge in [0.2, 0.25) is 13.2 Å². The van der Waals surface area contributed by atoms with Gasteiger partial charge in [-0.15, -0.1) is 0 Å². The number of aliphatic imine (C=N–C) groups is 1. The number of nitrogens with one attached hydrogen (secondary N) is 5. The van der Waals surface area contributed by atoms with Gasteiger partial charge in [-0.1, -0.05) is 6.07 Å². The van der Waals surface area contributed by atoms with Crippen molar-refractivity contribution >= 4 is 48.1 Å². The predicted molar refractivity (Wildman–Crippen MR) is 149 cm³/mol. The van der Waals surface area contributed by atoms with Crippen molar-refractivity contribution in [3.8, 4) is 0 Å². The van der Waals surface area contributed by atoms with E-state index in [9.17, 15) is 24.0 Å². The average Bonchev–Trinajstić information content (AvgIpc) is 3.69. The molecule has 1 aliphatic carbocycles. The Hall–Kier alpha value is -5.01. The number of hydrogen-bond donors (Lipinski definition) is 5. The number of H-pyrrole nitrogens is 1. The van der Waals surface area contributed by atoms with Crippen LogP contribution < -0.4 is 16.0 Å². The molecule has 0 bridgehead atoms. The maximum atomic E-state index is 13.4. The molecular weight excluding hydrogens is 534 g/mol. The van der Waals surface area contributed by atoms with Gasteiger partial charge < -0.3 is 30.4 Å². The summed E-state index contributed by atoms with van der Waals surface area (Å²) in [6.45, 7) is 6.52. The molecule has 1 atom stereocenters. The van der Waals surface area contributed by atoms with Crippen molar-refractivity contribution in [3.05, 3.63) is 52.3 Å². The molecule has 41 heavy (non-hydrogen) atoms. The standard InChI is InChI=1S/C27H33N7O7/c1-5-29-24(36)20-11-30-22(16(20)3)23(31-12-28)33-21-10-18(7-6-15(21)2)25(37)34(19-8-9-19)27(39)41-14-40-26(38)17(4)32-13-35/h6-7,10-13,17,19,30H,5,8-9,14H2,1-4H3,(H,29,36)(H,32,35)(H2,28,31,33). The fourth-order valence-corrected chi connectivity index (χ4v) is 3.85. The molecule has 0 aliphatic heterocycles. The third-order valence-corrected chi connectivity index (χ3v) is 6.27. The molecule has 1 heterocycles. The summed E-state index contributed by atoms with van der Waals surface area (Å²) in [6.07, 6.45) is 2.99. The van der Waals surface area contributed by atoms with Crippen LogP contribution in [0.4, 0.5) is 10.5 Å². The van der Waals surface area contributed by atoms with Gasteiger partial charge in [0.25, 0.3) is 11.8 Å². The number of anilines is 1. The molecule has 4 amide bonds. The Labute approximate surface area is 236 Å². The van der Waals surface area contributed by atoms with Crippen molar-refractivity contribution in [1.29, 1.82) is 5.41 Å². The number of hydrogen-bond acceptors (Lipinski definition) is 8. The van der Waals surface area contributed by atoms with Gasteiger partial charge in [0, 0.05) is 30.0 Å². The number of benzene rings is 1. The summed E-state index contributed by atoms with van der Waals surface area (Å²) < 4.78 is 9.85. The fraction of sp³-hybridized carbons (Fsp3) is 0.370. The number of nitrogens with zero attached hydrogens (tertiary/aromatic N) is 2. The van der Waals surface area contributed by atoms with E-state index in [0.29, 0.717) is 48.3 Å². The maximum Gasteiger partial charge on any atom is 0.419 e. The molecule has 1 aromatic heterocycles. The number of carbonyl (C=O) groups is 5. The number of carbonyl (C=O) groups excluding carboxylic acids is 5. The SMILES string of the molecule is CCNC(=O)c1c[nH]c(/C(=N\C=N)Nc2cc(C(=O)N(C(=O)OCOC(=O)C(C)NC=O)C3CC3)ccc2C)c1C. The normalized spacial score (nSPS) is 13.4. The van der Waals surface area contributed by atoms with Crippen LogP contribution in [-0.2, 0) is 19.1 Å². The zero-order valence-corrected chi connectivity index (χ0v) is 23.2.